The number of hydrogen-bond acceptors (Lipinski definition) is 6. The van der Waals surface area contributed by atoms with Crippen molar-refractivity contribution in [3.63, 3.8) is 0 Å². The van der Waals surface area contributed by atoms with E-state index >= 15 is 0 Å². The molecule has 186 valence electrons. The minimum Gasteiger partial charge on any atom is -0.506 e. The molecule has 5 N–H and O–H groups in total. The van der Waals surface area contributed by atoms with Gasteiger partial charge in [0, 0.05) is 47.9 Å². The summed E-state index contributed by atoms with van der Waals surface area (Å²) in [5, 5.41) is 20.6. The molecule has 1 aromatic heterocycles. The number of hydrogen-bond donors (Lipinski definition) is 3. The summed E-state index contributed by atoms with van der Waals surface area (Å²) < 4.78 is 28.4. The number of carbonyl (C=O) groups excluding carboxylic acids is 1. The monoisotopic (exact) mass is 499 g/mol. The topological polar surface area (TPSA) is 129 Å². The number of halogens is 2. The molecule has 1 aliphatic rings. The summed E-state index contributed by atoms with van der Waals surface area (Å²) >= 11 is 0. The number of nitriles is 1. The molecule has 1 saturated heterocycles. The summed E-state index contributed by atoms with van der Waals surface area (Å²) in [6.07, 6.45) is 2.03. The van der Waals surface area contributed by atoms with Crippen LogP contribution in [0, 0.1) is 28.9 Å². The number of rotatable bonds is 4. The van der Waals surface area contributed by atoms with Gasteiger partial charge >= 0.3 is 0 Å². The fraction of sp³-hybridized carbons (Fsp3) is 0.179. The normalized spacial score (nSPS) is 17.5. The Balaban J connectivity index is 1.77. The van der Waals surface area contributed by atoms with E-state index in [0.717, 1.165) is 6.07 Å². The van der Waals surface area contributed by atoms with Gasteiger partial charge in [0.25, 0.3) is 0 Å². The van der Waals surface area contributed by atoms with Gasteiger partial charge in [0.2, 0.25) is 5.91 Å². The third-order valence-corrected chi connectivity index (χ3v) is 6.83. The number of para-hydroxylation sites is 1. The molecule has 2 heterocycles. The average Bonchev–Trinajstić information content (AvgIpc) is 2.87. The SMILES string of the molecule is N#Cc1cccc(-c2ccc3ncc(-c4cc(F)cc(F)c4)c(N4CC[C@@H](N)[C@H](C(N)=O)C4)c3c2)c1O. The first-order valence-electron chi connectivity index (χ1n) is 11.7. The molecule has 0 unspecified atom stereocenters. The molecule has 0 aliphatic carbocycles. The molecule has 1 fully saturated rings. The summed E-state index contributed by atoms with van der Waals surface area (Å²) in [7, 11) is 0. The van der Waals surface area contributed by atoms with Gasteiger partial charge in [0.05, 0.1) is 22.7 Å². The molecule has 1 aliphatic heterocycles. The summed E-state index contributed by atoms with van der Waals surface area (Å²) in [6.45, 7) is 0.702. The lowest BCUT2D eigenvalue weighted by Gasteiger charge is -2.38. The Hall–Kier alpha value is -4.55. The van der Waals surface area contributed by atoms with Crippen LogP contribution in [0.1, 0.15) is 12.0 Å². The zero-order chi connectivity index (χ0) is 26.3. The van der Waals surface area contributed by atoms with Crippen molar-refractivity contribution in [3.05, 3.63) is 78.0 Å². The Kier molecular flexibility index (Phi) is 6.19. The number of anilines is 1. The molecular weight excluding hydrogens is 476 g/mol. The number of benzene rings is 3. The highest BCUT2D eigenvalue weighted by molar-refractivity contribution is 6.02. The van der Waals surface area contributed by atoms with Crippen molar-refractivity contribution in [3.8, 4) is 34.1 Å². The number of phenols is 1. The van der Waals surface area contributed by atoms with Crippen LogP contribution in [0.25, 0.3) is 33.2 Å². The molecule has 5 rings (SSSR count). The second-order valence-electron chi connectivity index (χ2n) is 9.13. The van der Waals surface area contributed by atoms with Gasteiger partial charge in [0.1, 0.15) is 23.5 Å². The van der Waals surface area contributed by atoms with E-state index in [1.54, 1.807) is 36.5 Å². The number of aromatic nitrogens is 1. The zero-order valence-electron chi connectivity index (χ0n) is 19.7. The second-order valence-corrected chi connectivity index (χ2v) is 9.13. The molecule has 9 heteroatoms. The highest BCUT2D eigenvalue weighted by Crippen LogP contribution is 2.41. The van der Waals surface area contributed by atoms with Crippen molar-refractivity contribution in [2.45, 2.75) is 12.5 Å². The van der Waals surface area contributed by atoms with Crippen LogP contribution in [-0.4, -0.2) is 35.1 Å². The number of fused-ring (bicyclic) bond motifs is 1. The van der Waals surface area contributed by atoms with E-state index < -0.39 is 29.5 Å². The molecule has 0 spiro atoms. The number of aromatic hydroxyl groups is 1. The van der Waals surface area contributed by atoms with Crippen molar-refractivity contribution in [2.75, 3.05) is 18.0 Å². The van der Waals surface area contributed by atoms with Gasteiger partial charge in [-0.15, -0.1) is 0 Å². The number of carbonyl (C=O) groups is 1. The summed E-state index contributed by atoms with van der Waals surface area (Å²) in [4.78, 5) is 18.6. The first-order valence-corrected chi connectivity index (χ1v) is 11.7. The molecule has 3 aromatic carbocycles. The zero-order valence-corrected chi connectivity index (χ0v) is 19.7. The van der Waals surface area contributed by atoms with Gasteiger partial charge in [0.15, 0.2) is 0 Å². The number of piperidine rings is 1. The van der Waals surface area contributed by atoms with Gasteiger partial charge in [-0.05, 0) is 47.9 Å². The average molecular weight is 500 g/mol. The Bertz CT molecular complexity index is 1560. The molecule has 7 nitrogen and oxygen atoms in total. The van der Waals surface area contributed by atoms with E-state index in [1.165, 1.54) is 18.2 Å². The predicted octanol–water partition coefficient (Wildman–Crippen LogP) is 4.06. The molecule has 2 atom stereocenters. The standard InChI is InChI=1S/C28H23F2N5O2/c29-18-8-17(9-19(30)11-18)22-13-34-25-5-4-15(20-3-1-2-16(12-31)27(20)36)10-21(25)26(22)35-7-6-24(32)23(14-35)28(33)37/h1-5,8-11,13,23-24,36H,6-7,14,32H2,(H2,33,37)/t23-,24-/m1/s1. The van der Waals surface area contributed by atoms with E-state index in [-0.39, 0.29) is 23.4 Å². The van der Waals surface area contributed by atoms with Gasteiger partial charge in [-0.1, -0.05) is 18.2 Å². The lowest BCUT2D eigenvalue weighted by molar-refractivity contribution is -0.122. The number of amides is 1. The minimum absolute atomic E-state index is 0.134. The summed E-state index contributed by atoms with van der Waals surface area (Å²) in [5.41, 5.74) is 15.0. The molecule has 0 radical (unpaired) electrons. The predicted molar refractivity (Wildman–Crippen MR) is 136 cm³/mol. The smallest absolute Gasteiger partial charge is 0.223 e. The van der Waals surface area contributed by atoms with Crippen LogP contribution >= 0.6 is 0 Å². The first kappa shape index (κ1) is 24.2. The summed E-state index contributed by atoms with van der Waals surface area (Å²) in [5.74, 6) is -2.76. The summed E-state index contributed by atoms with van der Waals surface area (Å²) in [6, 6.07) is 15.0. The quantitative estimate of drug-likeness (QED) is 0.388. The molecule has 0 bridgehead atoms. The van der Waals surface area contributed by atoms with Crippen LogP contribution in [0.2, 0.25) is 0 Å². The van der Waals surface area contributed by atoms with E-state index in [9.17, 15) is 23.9 Å². The van der Waals surface area contributed by atoms with Gasteiger partial charge in [-0.25, -0.2) is 8.78 Å². The molecule has 1 amide bonds. The second kappa shape index (κ2) is 9.48. The maximum atomic E-state index is 14.2. The van der Waals surface area contributed by atoms with Crippen molar-refractivity contribution >= 4 is 22.5 Å². The molecular formula is C28H23F2N5O2. The van der Waals surface area contributed by atoms with Gasteiger partial charge < -0.3 is 21.5 Å². The van der Waals surface area contributed by atoms with E-state index in [0.29, 0.717) is 46.2 Å². The number of phenolic OH excluding ortho intramolecular Hbond substituents is 1. The van der Waals surface area contributed by atoms with Crippen LogP contribution in [0.4, 0.5) is 14.5 Å². The molecule has 4 aromatic rings. The Morgan fingerprint density at radius 1 is 1.08 bits per heavy atom. The van der Waals surface area contributed by atoms with Crippen LogP contribution in [0.15, 0.2) is 60.8 Å². The van der Waals surface area contributed by atoms with Crippen molar-refractivity contribution in [1.29, 1.82) is 5.26 Å². The minimum atomic E-state index is -0.733. The largest absolute Gasteiger partial charge is 0.506 e. The highest BCUT2D eigenvalue weighted by Gasteiger charge is 2.32. The maximum Gasteiger partial charge on any atom is 0.223 e. The number of primary amides is 1. The Labute approximate surface area is 211 Å². The Morgan fingerprint density at radius 2 is 1.84 bits per heavy atom. The van der Waals surface area contributed by atoms with Crippen LogP contribution < -0.4 is 16.4 Å². The molecule has 0 saturated carbocycles. The lowest BCUT2D eigenvalue weighted by Crippen LogP contribution is -2.52. The van der Waals surface area contributed by atoms with Crippen molar-refractivity contribution in [2.24, 2.45) is 17.4 Å². The number of nitrogens with two attached hydrogens (primary N) is 2. The van der Waals surface area contributed by atoms with Crippen LogP contribution in [0.3, 0.4) is 0 Å². The fourth-order valence-electron chi connectivity index (χ4n) is 4.95. The van der Waals surface area contributed by atoms with Gasteiger partial charge in [-0.2, -0.15) is 5.26 Å². The third-order valence-electron chi connectivity index (χ3n) is 6.83. The number of pyridine rings is 1. The Morgan fingerprint density at radius 3 is 2.54 bits per heavy atom. The molecule has 37 heavy (non-hydrogen) atoms. The van der Waals surface area contributed by atoms with Crippen molar-refractivity contribution < 1.29 is 18.7 Å². The fourth-order valence-corrected chi connectivity index (χ4v) is 4.95. The lowest BCUT2D eigenvalue weighted by atomic mass is 9.90. The van der Waals surface area contributed by atoms with Crippen LogP contribution in [0.5, 0.6) is 5.75 Å². The highest BCUT2D eigenvalue weighted by atomic mass is 19.1. The number of nitrogens with zero attached hydrogens (tertiary/aromatic N) is 3. The maximum absolute atomic E-state index is 14.2. The van der Waals surface area contributed by atoms with E-state index in [4.69, 9.17) is 11.5 Å². The van der Waals surface area contributed by atoms with Crippen LogP contribution in [-0.2, 0) is 4.79 Å². The van der Waals surface area contributed by atoms with Gasteiger partial charge in [-0.3, -0.25) is 9.78 Å². The van der Waals surface area contributed by atoms with E-state index in [2.05, 4.69) is 4.98 Å². The third kappa shape index (κ3) is 4.43. The first-order chi connectivity index (χ1) is 17.8. The van der Waals surface area contributed by atoms with Crippen molar-refractivity contribution in [1.82, 2.24) is 4.98 Å². The van der Waals surface area contributed by atoms with E-state index in [1.807, 2.05) is 11.0 Å².